The van der Waals surface area contributed by atoms with E-state index < -0.39 is 0 Å². The zero-order valence-corrected chi connectivity index (χ0v) is 9.60. The number of ether oxygens (including phenoxy) is 1. The number of anilines is 2. The summed E-state index contributed by atoms with van der Waals surface area (Å²) >= 11 is 0. The number of aliphatic imine (C=N–C) groups is 1. The van der Waals surface area contributed by atoms with Crippen LogP contribution in [0.4, 0.5) is 11.4 Å². The summed E-state index contributed by atoms with van der Waals surface area (Å²) in [6, 6.07) is 6.21. The number of hydrogen-bond acceptors (Lipinski definition) is 4. The molecule has 4 nitrogen and oxygen atoms in total. The van der Waals surface area contributed by atoms with E-state index >= 15 is 0 Å². The number of fused-ring (bicyclic) bond motifs is 3. The highest BCUT2D eigenvalue weighted by Gasteiger charge is 2.33. The van der Waals surface area contributed by atoms with Crippen molar-refractivity contribution in [3.8, 4) is 5.75 Å². The van der Waals surface area contributed by atoms with Gasteiger partial charge in [-0.25, -0.2) is 0 Å². The quantitative estimate of drug-likeness (QED) is 0.755. The second kappa shape index (κ2) is 3.40. The summed E-state index contributed by atoms with van der Waals surface area (Å²) in [5.41, 5.74) is 2.42. The fraction of sp³-hybridized carbons (Fsp3) is 0.417. The van der Waals surface area contributed by atoms with Crippen LogP contribution in [0, 0.1) is 0 Å². The number of nitrogens with zero attached hydrogens (tertiary/aromatic N) is 3. The first-order valence-electron chi connectivity index (χ1n) is 5.64. The minimum Gasteiger partial charge on any atom is -0.494 e. The average molecular weight is 217 g/mol. The lowest BCUT2D eigenvalue weighted by Crippen LogP contribution is -2.32. The van der Waals surface area contributed by atoms with Crippen molar-refractivity contribution in [1.29, 1.82) is 0 Å². The van der Waals surface area contributed by atoms with Crippen LogP contribution in [0.1, 0.15) is 6.92 Å². The van der Waals surface area contributed by atoms with E-state index in [0.29, 0.717) is 6.61 Å². The lowest BCUT2D eigenvalue weighted by Gasteiger charge is -2.13. The van der Waals surface area contributed by atoms with E-state index in [4.69, 9.17) is 4.74 Å². The van der Waals surface area contributed by atoms with Crippen LogP contribution in [-0.4, -0.2) is 32.7 Å². The van der Waals surface area contributed by atoms with Crippen LogP contribution < -0.4 is 14.5 Å². The maximum absolute atomic E-state index is 5.53. The third kappa shape index (κ3) is 1.19. The van der Waals surface area contributed by atoms with Gasteiger partial charge in [0.25, 0.3) is 0 Å². The summed E-state index contributed by atoms with van der Waals surface area (Å²) in [5.74, 6) is 1.99. The Kier molecular flexibility index (Phi) is 2.02. The van der Waals surface area contributed by atoms with Gasteiger partial charge in [0.05, 0.1) is 24.5 Å². The molecule has 0 bridgehead atoms. The van der Waals surface area contributed by atoms with Gasteiger partial charge >= 0.3 is 0 Å². The van der Waals surface area contributed by atoms with Gasteiger partial charge in [-0.05, 0) is 19.1 Å². The van der Waals surface area contributed by atoms with Crippen LogP contribution in [0.2, 0.25) is 0 Å². The summed E-state index contributed by atoms with van der Waals surface area (Å²) in [5, 5.41) is 0. The van der Waals surface area contributed by atoms with Gasteiger partial charge < -0.3 is 14.5 Å². The fourth-order valence-electron chi connectivity index (χ4n) is 2.32. The van der Waals surface area contributed by atoms with Gasteiger partial charge in [0.1, 0.15) is 5.75 Å². The summed E-state index contributed by atoms with van der Waals surface area (Å²) in [4.78, 5) is 8.88. The average Bonchev–Trinajstić information content (AvgIpc) is 2.84. The molecular formula is C12H15N3O. The first-order valence-corrected chi connectivity index (χ1v) is 5.64. The summed E-state index contributed by atoms with van der Waals surface area (Å²) in [6.45, 7) is 4.57. The van der Waals surface area contributed by atoms with Crippen LogP contribution in [0.5, 0.6) is 5.75 Å². The molecule has 0 radical (unpaired) electrons. The highest BCUT2D eigenvalue weighted by atomic mass is 16.5. The molecule has 1 aromatic carbocycles. The number of hydrogen-bond donors (Lipinski definition) is 0. The molecule has 84 valence electrons. The third-order valence-electron chi connectivity index (χ3n) is 3.03. The topological polar surface area (TPSA) is 28.1 Å². The van der Waals surface area contributed by atoms with E-state index in [1.54, 1.807) is 0 Å². The van der Waals surface area contributed by atoms with Crippen molar-refractivity contribution in [2.45, 2.75) is 6.92 Å². The SMILES string of the molecule is CCOc1ccc2c(c1)N1CCN=C1N2C. The van der Waals surface area contributed by atoms with E-state index in [1.165, 1.54) is 11.4 Å². The molecule has 0 N–H and O–H groups in total. The Balaban J connectivity index is 2.04. The molecule has 2 aliphatic heterocycles. The zero-order valence-electron chi connectivity index (χ0n) is 9.60. The molecule has 0 saturated heterocycles. The number of guanidine groups is 1. The van der Waals surface area contributed by atoms with Gasteiger partial charge in [0, 0.05) is 19.7 Å². The number of benzene rings is 1. The van der Waals surface area contributed by atoms with Crippen LogP contribution in [0.3, 0.4) is 0 Å². The normalized spacial score (nSPS) is 17.2. The van der Waals surface area contributed by atoms with Gasteiger partial charge in [-0.15, -0.1) is 0 Å². The third-order valence-corrected chi connectivity index (χ3v) is 3.03. The highest BCUT2D eigenvalue weighted by molar-refractivity contribution is 6.16. The van der Waals surface area contributed by atoms with Crippen LogP contribution in [0.25, 0.3) is 0 Å². The largest absolute Gasteiger partial charge is 0.494 e. The molecule has 3 rings (SSSR count). The van der Waals surface area contributed by atoms with Gasteiger partial charge in [0.2, 0.25) is 5.96 Å². The van der Waals surface area contributed by atoms with E-state index in [9.17, 15) is 0 Å². The van der Waals surface area contributed by atoms with Crippen LogP contribution >= 0.6 is 0 Å². The molecule has 0 saturated carbocycles. The summed E-state index contributed by atoms with van der Waals surface area (Å²) in [6.07, 6.45) is 0. The zero-order chi connectivity index (χ0) is 11.1. The summed E-state index contributed by atoms with van der Waals surface area (Å²) in [7, 11) is 2.06. The van der Waals surface area contributed by atoms with Crippen molar-refractivity contribution < 1.29 is 4.74 Å². The molecule has 0 aromatic heterocycles. The molecule has 0 spiro atoms. The lowest BCUT2D eigenvalue weighted by molar-refractivity contribution is 0.340. The minimum atomic E-state index is 0.704. The maximum Gasteiger partial charge on any atom is 0.205 e. The fourth-order valence-corrected chi connectivity index (χ4v) is 2.32. The van der Waals surface area contributed by atoms with Gasteiger partial charge in [-0.3, -0.25) is 4.99 Å². The summed E-state index contributed by atoms with van der Waals surface area (Å²) < 4.78 is 5.53. The van der Waals surface area contributed by atoms with Gasteiger partial charge in [0.15, 0.2) is 0 Å². The van der Waals surface area contributed by atoms with E-state index in [0.717, 1.165) is 24.8 Å². The Morgan fingerprint density at radius 3 is 3.06 bits per heavy atom. The molecule has 2 aliphatic rings. The Hall–Kier alpha value is -1.71. The van der Waals surface area contributed by atoms with Gasteiger partial charge in [-0.1, -0.05) is 0 Å². The highest BCUT2D eigenvalue weighted by Crippen LogP contribution is 2.39. The van der Waals surface area contributed by atoms with E-state index in [2.05, 4.69) is 34.0 Å². The van der Waals surface area contributed by atoms with Crippen molar-refractivity contribution in [3.63, 3.8) is 0 Å². The first kappa shape index (κ1) is 9.51. The molecule has 4 heteroatoms. The molecular weight excluding hydrogens is 202 g/mol. The van der Waals surface area contributed by atoms with Crippen molar-refractivity contribution in [3.05, 3.63) is 18.2 Å². The van der Waals surface area contributed by atoms with E-state index in [-0.39, 0.29) is 0 Å². The monoisotopic (exact) mass is 217 g/mol. The molecule has 0 aliphatic carbocycles. The molecule has 1 aromatic rings. The van der Waals surface area contributed by atoms with Crippen LogP contribution in [-0.2, 0) is 0 Å². The molecule has 0 unspecified atom stereocenters. The van der Waals surface area contributed by atoms with Crippen molar-refractivity contribution in [1.82, 2.24) is 0 Å². The standard InChI is InChI=1S/C12H15N3O/c1-3-16-9-4-5-10-11(8-9)15-7-6-13-12(15)14(10)2/h4-5,8H,3,6-7H2,1-2H3. The molecule has 0 amide bonds. The predicted octanol–water partition coefficient (Wildman–Crippen LogP) is 1.71. The van der Waals surface area contributed by atoms with Crippen molar-refractivity contribution >= 4 is 17.3 Å². The first-order chi connectivity index (χ1) is 7.81. The molecule has 16 heavy (non-hydrogen) atoms. The lowest BCUT2D eigenvalue weighted by atomic mass is 10.2. The predicted molar refractivity (Wildman–Crippen MR) is 65.7 cm³/mol. The molecule has 0 atom stereocenters. The second-order valence-corrected chi connectivity index (χ2v) is 3.98. The second-order valence-electron chi connectivity index (χ2n) is 3.98. The Morgan fingerprint density at radius 1 is 1.38 bits per heavy atom. The Labute approximate surface area is 95.1 Å². The molecule has 0 fully saturated rings. The van der Waals surface area contributed by atoms with Crippen LogP contribution in [0.15, 0.2) is 23.2 Å². The maximum atomic E-state index is 5.53. The number of rotatable bonds is 2. The van der Waals surface area contributed by atoms with Crippen molar-refractivity contribution in [2.75, 3.05) is 36.5 Å². The van der Waals surface area contributed by atoms with E-state index in [1.807, 2.05) is 13.0 Å². The Bertz CT molecular complexity index is 456. The Morgan fingerprint density at radius 2 is 2.25 bits per heavy atom. The van der Waals surface area contributed by atoms with Gasteiger partial charge in [-0.2, -0.15) is 0 Å². The van der Waals surface area contributed by atoms with Crippen molar-refractivity contribution in [2.24, 2.45) is 4.99 Å². The molecule has 2 heterocycles. The minimum absolute atomic E-state index is 0.704. The smallest absolute Gasteiger partial charge is 0.205 e.